The first-order valence-electron chi connectivity index (χ1n) is 9.48. The third kappa shape index (κ3) is 21.8. The van der Waals surface area contributed by atoms with Gasteiger partial charge in [0.2, 0.25) is 0 Å². The highest BCUT2D eigenvalue weighted by Crippen LogP contribution is 2.01. The van der Waals surface area contributed by atoms with Crippen LogP contribution in [0.25, 0.3) is 0 Å². The van der Waals surface area contributed by atoms with Crippen LogP contribution in [0.2, 0.25) is 0 Å². The van der Waals surface area contributed by atoms with Crippen LogP contribution in [-0.4, -0.2) is 112 Å². The molecule has 0 aromatic carbocycles. The van der Waals surface area contributed by atoms with E-state index in [1.165, 1.54) is 0 Å². The highest BCUT2D eigenvalue weighted by molar-refractivity contribution is 4.44. The number of hydrogen-bond donors (Lipinski definition) is 1. The van der Waals surface area contributed by atoms with Crippen molar-refractivity contribution in [1.29, 1.82) is 0 Å². The minimum atomic E-state index is -0.157. The van der Waals surface area contributed by atoms with Gasteiger partial charge in [0.1, 0.15) is 0 Å². The molecule has 1 N–H and O–H groups in total. The minimum Gasteiger partial charge on any atom is -0.394 e. The predicted molar refractivity (Wildman–Crippen MR) is 99.0 cm³/mol. The third-order valence-electron chi connectivity index (χ3n) is 3.35. The lowest BCUT2D eigenvalue weighted by Crippen LogP contribution is -2.15. The summed E-state index contributed by atoms with van der Waals surface area (Å²) in [6, 6.07) is 0. The number of methoxy groups -OCH3 is 2. The summed E-state index contributed by atoms with van der Waals surface area (Å²) in [7, 11) is 3.26. The topological polar surface area (TPSA) is 94.1 Å². The normalized spacial score (nSPS) is 11.6. The standard InChI is InChI=1S/C18H38O9/c1-20-18(21-2)4-3-6-22-8-10-24-12-14-26-16-17-27-15-13-25-11-9-23-7-5-19/h18-19H,3-17H2,1-2H3. The van der Waals surface area contributed by atoms with Gasteiger partial charge in [0, 0.05) is 27.2 Å². The van der Waals surface area contributed by atoms with Crippen molar-refractivity contribution in [3.63, 3.8) is 0 Å². The van der Waals surface area contributed by atoms with E-state index >= 15 is 0 Å². The van der Waals surface area contributed by atoms with Crippen molar-refractivity contribution >= 4 is 0 Å². The molecule has 9 heteroatoms. The lowest BCUT2D eigenvalue weighted by Gasteiger charge is -2.12. The van der Waals surface area contributed by atoms with Crippen molar-refractivity contribution in [3.05, 3.63) is 0 Å². The van der Waals surface area contributed by atoms with Crippen LogP contribution in [-0.2, 0) is 37.9 Å². The van der Waals surface area contributed by atoms with Crippen LogP contribution in [0.4, 0.5) is 0 Å². The second-order valence-electron chi connectivity index (χ2n) is 5.44. The van der Waals surface area contributed by atoms with Crippen molar-refractivity contribution in [2.24, 2.45) is 0 Å². The van der Waals surface area contributed by atoms with E-state index in [1.807, 2.05) is 0 Å². The number of ether oxygens (including phenoxy) is 8. The van der Waals surface area contributed by atoms with Crippen LogP contribution < -0.4 is 0 Å². The maximum absolute atomic E-state index is 8.52. The fourth-order valence-corrected chi connectivity index (χ4v) is 1.95. The first-order chi connectivity index (χ1) is 13.3. The fraction of sp³-hybridized carbons (Fsp3) is 1.00. The second-order valence-corrected chi connectivity index (χ2v) is 5.44. The van der Waals surface area contributed by atoms with Gasteiger partial charge in [-0.25, -0.2) is 0 Å². The molecular weight excluding hydrogens is 360 g/mol. The van der Waals surface area contributed by atoms with Crippen molar-refractivity contribution in [3.8, 4) is 0 Å². The molecule has 0 rings (SSSR count). The highest BCUT2D eigenvalue weighted by atomic mass is 16.7. The molecule has 27 heavy (non-hydrogen) atoms. The first-order valence-corrected chi connectivity index (χ1v) is 9.48. The molecule has 0 aliphatic carbocycles. The predicted octanol–water partition coefficient (Wildman–Crippen LogP) is 0.477. The highest BCUT2D eigenvalue weighted by Gasteiger charge is 2.03. The summed E-state index contributed by atoms with van der Waals surface area (Å²) < 4.78 is 42.2. The first kappa shape index (κ1) is 26.6. The molecule has 0 saturated carbocycles. The van der Waals surface area contributed by atoms with E-state index in [0.29, 0.717) is 79.3 Å². The molecule has 0 amide bonds. The van der Waals surface area contributed by atoms with Gasteiger partial charge in [-0.2, -0.15) is 0 Å². The molecule has 9 nitrogen and oxygen atoms in total. The minimum absolute atomic E-state index is 0.0346. The molecule has 0 atom stereocenters. The zero-order chi connectivity index (χ0) is 19.8. The van der Waals surface area contributed by atoms with Gasteiger partial charge in [-0.1, -0.05) is 0 Å². The van der Waals surface area contributed by atoms with Crippen LogP contribution in [0.3, 0.4) is 0 Å². The molecule has 0 fully saturated rings. The maximum atomic E-state index is 8.52. The van der Waals surface area contributed by atoms with Gasteiger partial charge in [0.25, 0.3) is 0 Å². The van der Waals surface area contributed by atoms with Gasteiger partial charge >= 0.3 is 0 Å². The van der Waals surface area contributed by atoms with Gasteiger partial charge in [-0.05, 0) is 6.42 Å². The summed E-state index contributed by atoms with van der Waals surface area (Å²) in [6.07, 6.45) is 1.54. The zero-order valence-electron chi connectivity index (χ0n) is 16.9. The van der Waals surface area contributed by atoms with Gasteiger partial charge in [-0.3, -0.25) is 0 Å². The molecule has 0 aromatic rings. The third-order valence-corrected chi connectivity index (χ3v) is 3.35. The van der Waals surface area contributed by atoms with Crippen LogP contribution in [0, 0.1) is 0 Å². The molecule has 0 aromatic heterocycles. The molecule has 0 aliphatic heterocycles. The average molecular weight is 398 g/mol. The Hall–Kier alpha value is -0.360. The van der Waals surface area contributed by atoms with Crippen LogP contribution >= 0.6 is 0 Å². The van der Waals surface area contributed by atoms with Crippen molar-refractivity contribution in [1.82, 2.24) is 0 Å². The maximum Gasteiger partial charge on any atom is 0.156 e. The summed E-state index contributed by atoms with van der Waals surface area (Å²) in [5.41, 5.74) is 0. The summed E-state index contributed by atoms with van der Waals surface area (Å²) in [6.45, 7) is 6.31. The van der Waals surface area contributed by atoms with E-state index in [4.69, 9.17) is 43.0 Å². The van der Waals surface area contributed by atoms with Crippen molar-refractivity contribution in [2.45, 2.75) is 19.1 Å². The van der Waals surface area contributed by atoms with E-state index in [0.717, 1.165) is 12.8 Å². The van der Waals surface area contributed by atoms with Gasteiger partial charge < -0.3 is 43.0 Å². The number of aliphatic hydroxyl groups excluding tert-OH is 1. The average Bonchev–Trinajstić information content (AvgIpc) is 2.69. The Kier molecular flexibility index (Phi) is 23.4. The fourth-order valence-electron chi connectivity index (χ4n) is 1.95. The molecule has 0 aliphatic rings. The zero-order valence-corrected chi connectivity index (χ0v) is 16.9. The summed E-state index contributed by atoms with van der Waals surface area (Å²) in [5.74, 6) is 0. The lowest BCUT2D eigenvalue weighted by molar-refractivity contribution is -0.109. The van der Waals surface area contributed by atoms with E-state index in [9.17, 15) is 0 Å². The summed E-state index contributed by atoms with van der Waals surface area (Å²) >= 11 is 0. The molecule has 0 heterocycles. The van der Waals surface area contributed by atoms with Crippen LogP contribution in [0.15, 0.2) is 0 Å². The van der Waals surface area contributed by atoms with Crippen LogP contribution in [0.5, 0.6) is 0 Å². The largest absolute Gasteiger partial charge is 0.394 e. The Morgan fingerprint density at radius 1 is 0.519 bits per heavy atom. The Balaban J connectivity index is 3.03. The van der Waals surface area contributed by atoms with E-state index in [1.54, 1.807) is 14.2 Å². The Bertz CT molecular complexity index is 265. The van der Waals surface area contributed by atoms with Crippen molar-refractivity contribution in [2.75, 3.05) is 100 Å². The molecule has 0 saturated heterocycles. The quantitative estimate of drug-likeness (QED) is 0.195. The number of rotatable bonds is 23. The Morgan fingerprint density at radius 3 is 1.19 bits per heavy atom. The van der Waals surface area contributed by atoms with Gasteiger partial charge in [0.15, 0.2) is 6.29 Å². The Morgan fingerprint density at radius 2 is 0.852 bits per heavy atom. The summed E-state index contributed by atoms with van der Waals surface area (Å²) in [4.78, 5) is 0. The molecular formula is C18H38O9. The molecule has 164 valence electrons. The van der Waals surface area contributed by atoms with E-state index in [2.05, 4.69) is 0 Å². The number of hydrogen-bond acceptors (Lipinski definition) is 9. The SMILES string of the molecule is COC(CCCOCCOCCOCCOCCOCCOCCO)OC. The second kappa shape index (κ2) is 23.7. The summed E-state index contributed by atoms with van der Waals surface area (Å²) in [5, 5.41) is 8.52. The molecule has 0 radical (unpaired) electrons. The molecule has 0 unspecified atom stereocenters. The van der Waals surface area contributed by atoms with Crippen LogP contribution in [0.1, 0.15) is 12.8 Å². The molecule has 0 bridgehead atoms. The van der Waals surface area contributed by atoms with E-state index < -0.39 is 0 Å². The van der Waals surface area contributed by atoms with Gasteiger partial charge in [-0.15, -0.1) is 0 Å². The smallest absolute Gasteiger partial charge is 0.156 e. The number of aliphatic hydroxyl groups is 1. The molecule has 0 spiro atoms. The lowest BCUT2D eigenvalue weighted by atomic mass is 10.3. The van der Waals surface area contributed by atoms with E-state index in [-0.39, 0.29) is 12.9 Å². The monoisotopic (exact) mass is 398 g/mol. The van der Waals surface area contributed by atoms with Crippen molar-refractivity contribution < 1.29 is 43.0 Å². The Labute approximate surface area is 163 Å². The van der Waals surface area contributed by atoms with Gasteiger partial charge in [0.05, 0.1) is 79.3 Å².